The molecule has 2 heterocycles. The second-order valence-corrected chi connectivity index (χ2v) is 4.76. The highest BCUT2D eigenvalue weighted by Crippen LogP contribution is 2.21. The Hall–Kier alpha value is -2.15. The van der Waals surface area contributed by atoms with Crippen LogP contribution in [-0.2, 0) is 12.3 Å². The lowest BCUT2D eigenvalue weighted by atomic mass is 10.2. The highest BCUT2D eigenvalue weighted by molar-refractivity contribution is 7.98. The van der Waals surface area contributed by atoms with E-state index >= 15 is 0 Å². The molecule has 0 N–H and O–H groups in total. The van der Waals surface area contributed by atoms with E-state index in [2.05, 4.69) is 32.4 Å². The third kappa shape index (κ3) is 3.19. The second kappa shape index (κ2) is 5.66. The van der Waals surface area contributed by atoms with Crippen molar-refractivity contribution in [3.8, 4) is 0 Å². The van der Waals surface area contributed by atoms with Gasteiger partial charge >= 0.3 is 0 Å². The van der Waals surface area contributed by atoms with Crippen molar-refractivity contribution in [2.24, 2.45) is 0 Å². The number of hydrogen-bond donors (Lipinski definition) is 0. The first kappa shape index (κ1) is 11.9. The fourth-order valence-corrected chi connectivity index (χ4v) is 2.27. The van der Waals surface area contributed by atoms with Crippen molar-refractivity contribution in [3.63, 3.8) is 0 Å². The number of rotatable bonds is 5. The molecular formula is C12H11N5OS. The second-order valence-electron chi connectivity index (χ2n) is 3.83. The summed E-state index contributed by atoms with van der Waals surface area (Å²) in [5.41, 5.74) is 1.23. The van der Waals surface area contributed by atoms with Gasteiger partial charge < -0.3 is 4.42 Å². The lowest BCUT2D eigenvalue weighted by molar-refractivity contribution is 0.397. The van der Waals surface area contributed by atoms with Crippen LogP contribution in [0.2, 0.25) is 0 Å². The number of nitrogens with zero attached hydrogens (tertiary/aromatic N) is 5. The van der Waals surface area contributed by atoms with Gasteiger partial charge in [-0.2, -0.15) is 5.10 Å². The Kier molecular flexibility index (Phi) is 3.55. The molecule has 3 rings (SSSR count). The largest absolute Gasteiger partial charge is 0.414 e. The molecule has 0 fully saturated rings. The molecule has 0 atom stereocenters. The summed E-state index contributed by atoms with van der Waals surface area (Å²) in [6.07, 6.45) is 3.09. The molecule has 0 spiro atoms. The first-order valence-corrected chi connectivity index (χ1v) is 6.70. The molecule has 0 saturated carbocycles. The third-order valence-corrected chi connectivity index (χ3v) is 3.31. The van der Waals surface area contributed by atoms with Gasteiger partial charge in [-0.05, 0) is 5.56 Å². The summed E-state index contributed by atoms with van der Waals surface area (Å²) in [5.74, 6) is 1.34. The number of thioether (sulfide) groups is 1. The monoisotopic (exact) mass is 273 g/mol. The number of benzene rings is 1. The standard InChI is InChI=1S/C12H11N5OS/c1-2-4-10(5-3-1)7-19-12-16-15-11(18-12)6-17-9-13-8-14-17/h1-5,8-9H,6-7H2. The third-order valence-electron chi connectivity index (χ3n) is 2.42. The van der Waals surface area contributed by atoms with Crippen LogP contribution in [0.25, 0.3) is 0 Å². The minimum Gasteiger partial charge on any atom is -0.414 e. The Balaban J connectivity index is 1.59. The van der Waals surface area contributed by atoms with Gasteiger partial charge in [0.1, 0.15) is 19.2 Å². The van der Waals surface area contributed by atoms with Gasteiger partial charge in [0.05, 0.1) is 0 Å². The minimum atomic E-state index is 0.443. The molecule has 19 heavy (non-hydrogen) atoms. The zero-order valence-corrected chi connectivity index (χ0v) is 10.8. The Morgan fingerprint density at radius 2 is 2.05 bits per heavy atom. The molecule has 0 amide bonds. The molecule has 0 saturated heterocycles. The van der Waals surface area contributed by atoms with Gasteiger partial charge in [-0.1, -0.05) is 42.1 Å². The van der Waals surface area contributed by atoms with Crippen LogP contribution in [0.4, 0.5) is 0 Å². The van der Waals surface area contributed by atoms with E-state index < -0.39 is 0 Å². The van der Waals surface area contributed by atoms with Crippen LogP contribution in [-0.4, -0.2) is 25.0 Å². The van der Waals surface area contributed by atoms with Crippen LogP contribution in [0.15, 0.2) is 52.6 Å². The van der Waals surface area contributed by atoms with Crippen LogP contribution in [0.5, 0.6) is 0 Å². The van der Waals surface area contributed by atoms with E-state index in [1.807, 2.05) is 18.2 Å². The van der Waals surface area contributed by atoms with Gasteiger partial charge in [0.15, 0.2) is 0 Å². The molecule has 7 heteroatoms. The number of aromatic nitrogens is 5. The van der Waals surface area contributed by atoms with Gasteiger partial charge in [-0.25, -0.2) is 9.67 Å². The van der Waals surface area contributed by atoms with Crippen molar-refractivity contribution in [1.29, 1.82) is 0 Å². The van der Waals surface area contributed by atoms with Gasteiger partial charge in [-0.15, -0.1) is 10.2 Å². The normalized spacial score (nSPS) is 10.7. The molecule has 6 nitrogen and oxygen atoms in total. The van der Waals surface area contributed by atoms with Crippen LogP contribution >= 0.6 is 11.8 Å². The average molecular weight is 273 g/mol. The summed E-state index contributed by atoms with van der Waals surface area (Å²) in [6, 6.07) is 10.2. The summed E-state index contributed by atoms with van der Waals surface area (Å²) in [6.45, 7) is 0.443. The highest BCUT2D eigenvalue weighted by atomic mass is 32.2. The van der Waals surface area contributed by atoms with E-state index in [1.54, 1.807) is 11.0 Å². The fraction of sp³-hybridized carbons (Fsp3) is 0.167. The van der Waals surface area contributed by atoms with Gasteiger partial charge in [0.2, 0.25) is 5.89 Å². The lowest BCUT2D eigenvalue weighted by Gasteiger charge is -1.96. The van der Waals surface area contributed by atoms with Gasteiger partial charge in [0.25, 0.3) is 5.22 Å². The van der Waals surface area contributed by atoms with E-state index in [1.165, 1.54) is 23.7 Å². The van der Waals surface area contributed by atoms with Crippen molar-refractivity contribution in [2.45, 2.75) is 17.5 Å². The Bertz CT molecular complexity index is 623. The lowest BCUT2D eigenvalue weighted by Crippen LogP contribution is -1.99. The molecule has 96 valence electrons. The zero-order valence-electron chi connectivity index (χ0n) is 10.0. The molecular weight excluding hydrogens is 262 g/mol. The van der Waals surface area contributed by atoms with Gasteiger partial charge in [0, 0.05) is 5.75 Å². The maximum absolute atomic E-state index is 5.53. The van der Waals surface area contributed by atoms with Crippen LogP contribution in [0.1, 0.15) is 11.5 Å². The minimum absolute atomic E-state index is 0.443. The summed E-state index contributed by atoms with van der Waals surface area (Å²) in [4.78, 5) is 3.86. The number of hydrogen-bond acceptors (Lipinski definition) is 6. The van der Waals surface area contributed by atoms with Crippen LogP contribution < -0.4 is 0 Å². The molecule has 3 aromatic rings. The molecule has 2 aromatic heterocycles. The Morgan fingerprint density at radius 3 is 2.84 bits per heavy atom. The fourth-order valence-electron chi connectivity index (χ4n) is 1.53. The molecule has 0 bridgehead atoms. The molecule has 0 aliphatic heterocycles. The van der Waals surface area contributed by atoms with Crippen molar-refractivity contribution < 1.29 is 4.42 Å². The first-order chi connectivity index (χ1) is 9.40. The van der Waals surface area contributed by atoms with E-state index in [0.717, 1.165) is 5.75 Å². The summed E-state index contributed by atoms with van der Waals surface area (Å²) in [5, 5.41) is 12.5. The topological polar surface area (TPSA) is 69.6 Å². The highest BCUT2D eigenvalue weighted by Gasteiger charge is 2.07. The first-order valence-electron chi connectivity index (χ1n) is 5.72. The van der Waals surface area contributed by atoms with Gasteiger partial charge in [-0.3, -0.25) is 0 Å². The van der Waals surface area contributed by atoms with Crippen molar-refractivity contribution in [3.05, 3.63) is 54.4 Å². The van der Waals surface area contributed by atoms with Crippen LogP contribution in [0, 0.1) is 0 Å². The summed E-state index contributed by atoms with van der Waals surface area (Å²) in [7, 11) is 0. The molecule has 1 aromatic carbocycles. The van der Waals surface area contributed by atoms with E-state index in [0.29, 0.717) is 17.7 Å². The SMILES string of the molecule is c1ccc(CSc2nnc(Cn3cncn3)o2)cc1. The predicted octanol–water partition coefficient (Wildman–Crippen LogP) is 2.00. The van der Waals surface area contributed by atoms with Crippen molar-refractivity contribution in [1.82, 2.24) is 25.0 Å². The summed E-state index contributed by atoms with van der Waals surface area (Å²) < 4.78 is 7.17. The molecule has 0 aliphatic carbocycles. The van der Waals surface area contributed by atoms with Crippen molar-refractivity contribution >= 4 is 11.8 Å². The molecule has 0 unspecified atom stereocenters. The summed E-state index contributed by atoms with van der Waals surface area (Å²) >= 11 is 1.52. The molecule has 0 radical (unpaired) electrons. The Labute approximate surface area is 113 Å². The van der Waals surface area contributed by atoms with Crippen LogP contribution in [0.3, 0.4) is 0 Å². The quantitative estimate of drug-likeness (QED) is 0.662. The predicted molar refractivity (Wildman–Crippen MR) is 69.4 cm³/mol. The maximum Gasteiger partial charge on any atom is 0.276 e. The zero-order chi connectivity index (χ0) is 12.9. The van der Waals surface area contributed by atoms with E-state index in [-0.39, 0.29) is 0 Å². The molecule has 0 aliphatic rings. The smallest absolute Gasteiger partial charge is 0.276 e. The van der Waals surface area contributed by atoms with E-state index in [9.17, 15) is 0 Å². The average Bonchev–Trinajstić information content (AvgIpc) is 3.10. The van der Waals surface area contributed by atoms with E-state index in [4.69, 9.17) is 4.42 Å². The Morgan fingerprint density at radius 1 is 1.16 bits per heavy atom. The maximum atomic E-state index is 5.53. The van der Waals surface area contributed by atoms with Crippen molar-refractivity contribution in [2.75, 3.05) is 0 Å².